The van der Waals surface area contributed by atoms with Gasteiger partial charge in [-0.25, -0.2) is 21.9 Å². The van der Waals surface area contributed by atoms with E-state index in [2.05, 4.69) is 4.72 Å². The van der Waals surface area contributed by atoms with E-state index >= 15 is 0 Å². The zero-order valence-corrected chi connectivity index (χ0v) is 14.6. The lowest BCUT2D eigenvalue weighted by atomic mass is 10.1. The van der Waals surface area contributed by atoms with Crippen LogP contribution in [0.1, 0.15) is 22.1 Å². The molecule has 0 bridgehead atoms. The predicted octanol–water partition coefficient (Wildman–Crippen LogP) is 3.87. The number of benzene rings is 1. The van der Waals surface area contributed by atoms with Gasteiger partial charge in [0.1, 0.15) is 17.4 Å². The fourth-order valence-electron chi connectivity index (χ4n) is 2.44. The van der Waals surface area contributed by atoms with Gasteiger partial charge in [-0.05, 0) is 41.8 Å². The number of furan rings is 1. The van der Waals surface area contributed by atoms with E-state index in [1.807, 2.05) is 17.5 Å². The molecule has 2 heterocycles. The first-order chi connectivity index (χ1) is 11.9. The second-order valence-corrected chi connectivity index (χ2v) is 8.21. The summed E-state index contributed by atoms with van der Waals surface area (Å²) < 4.78 is 59.3. The van der Waals surface area contributed by atoms with E-state index in [0.717, 1.165) is 23.1 Å². The number of sulfonamides is 1. The molecule has 8 heteroatoms. The molecule has 3 rings (SSSR count). The number of halogens is 2. The first-order valence-corrected chi connectivity index (χ1v) is 9.96. The van der Waals surface area contributed by atoms with E-state index in [0.29, 0.717) is 5.76 Å². The molecular weight excluding hydrogens is 368 g/mol. The minimum atomic E-state index is -3.84. The van der Waals surface area contributed by atoms with Gasteiger partial charge in [-0.2, -0.15) is 0 Å². The Bertz CT molecular complexity index is 889. The van der Waals surface area contributed by atoms with Crippen LogP contribution in [-0.2, 0) is 15.8 Å². The molecule has 0 saturated carbocycles. The van der Waals surface area contributed by atoms with Crippen molar-refractivity contribution < 1.29 is 21.6 Å². The lowest BCUT2D eigenvalue weighted by Gasteiger charge is -2.14. The van der Waals surface area contributed by atoms with Gasteiger partial charge >= 0.3 is 0 Å². The topological polar surface area (TPSA) is 59.3 Å². The van der Waals surface area contributed by atoms with Gasteiger partial charge in [0.2, 0.25) is 10.0 Å². The molecule has 2 aromatic heterocycles. The average Bonchev–Trinajstić information content (AvgIpc) is 3.25. The number of rotatable bonds is 7. The van der Waals surface area contributed by atoms with Crippen molar-refractivity contribution in [1.82, 2.24) is 4.72 Å². The van der Waals surface area contributed by atoms with Gasteiger partial charge in [-0.1, -0.05) is 6.07 Å². The lowest BCUT2D eigenvalue weighted by Crippen LogP contribution is -2.30. The van der Waals surface area contributed by atoms with Gasteiger partial charge in [0.15, 0.2) is 0 Å². The largest absolute Gasteiger partial charge is 0.469 e. The molecule has 0 saturated heterocycles. The second kappa shape index (κ2) is 7.47. The fraction of sp³-hybridized carbons (Fsp3) is 0.176. The summed E-state index contributed by atoms with van der Waals surface area (Å²) in [6, 6.07) is 10.0. The highest BCUT2D eigenvalue weighted by molar-refractivity contribution is 7.88. The van der Waals surface area contributed by atoms with E-state index in [1.54, 1.807) is 12.1 Å². The van der Waals surface area contributed by atoms with Crippen LogP contribution >= 0.6 is 11.3 Å². The van der Waals surface area contributed by atoms with Crippen molar-refractivity contribution in [2.75, 3.05) is 6.54 Å². The van der Waals surface area contributed by atoms with Crippen LogP contribution in [0, 0.1) is 11.6 Å². The maximum Gasteiger partial charge on any atom is 0.215 e. The molecule has 0 aliphatic heterocycles. The van der Waals surface area contributed by atoms with Crippen molar-refractivity contribution in [2.24, 2.45) is 0 Å². The van der Waals surface area contributed by atoms with Crippen LogP contribution in [0.3, 0.4) is 0 Å². The van der Waals surface area contributed by atoms with Gasteiger partial charge in [-0.3, -0.25) is 0 Å². The molecule has 0 spiro atoms. The van der Waals surface area contributed by atoms with Gasteiger partial charge < -0.3 is 4.42 Å². The fourth-order valence-corrected chi connectivity index (χ4v) is 4.43. The molecule has 0 radical (unpaired) electrons. The Labute approximate surface area is 148 Å². The Hall–Kier alpha value is -2.03. The maximum absolute atomic E-state index is 13.7. The standard InChI is InChI=1S/C17H15F2NO3S2/c18-13-5-6-15(19)12(9-13)11-25(21,22)20-10-14(16-3-1-7-23-16)17-4-2-8-24-17/h1-9,14,20H,10-11H2/t14-/m0/s1. The number of nitrogens with one attached hydrogen (secondary N) is 1. The zero-order chi connectivity index (χ0) is 17.9. The molecule has 1 aromatic carbocycles. The van der Waals surface area contributed by atoms with Crippen LogP contribution in [0.2, 0.25) is 0 Å². The third-order valence-electron chi connectivity index (χ3n) is 3.63. The lowest BCUT2D eigenvalue weighted by molar-refractivity contribution is 0.483. The summed E-state index contributed by atoms with van der Waals surface area (Å²) in [5.74, 6) is -1.73. The zero-order valence-electron chi connectivity index (χ0n) is 13.0. The third-order valence-corrected chi connectivity index (χ3v) is 5.92. The second-order valence-electron chi connectivity index (χ2n) is 5.43. The van der Waals surface area contributed by atoms with Crippen molar-refractivity contribution in [2.45, 2.75) is 11.7 Å². The van der Waals surface area contributed by atoms with E-state index in [1.165, 1.54) is 17.6 Å². The molecule has 3 aromatic rings. The Balaban J connectivity index is 1.75. The van der Waals surface area contributed by atoms with Gasteiger partial charge in [0, 0.05) is 17.0 Å². The highest BCUT2D eigenvalue weighted by Crippen LogP contribution is 2.28. The van der Waals surface area contributed by atoms with Crippen LogP contribution in [0.4, 0.5) is 8.78 Å². The van der Waals surface area contributed by atoms with Crippen molar-refractivity contribution >= 4 is 21.4 Å². The van der Waals surface area contributed by atoms with Crippen LogP contribution in [-0.4, -0.2) is 15.0 Å². The monoisotopic (exact) mass is 383 g/mol. The Kier molecular flexibility index (Phi) is 5.31. The highest BCUT2D eigenvalue weighted by atomic mass is 32.2. The Morgan fingerprint density at radius 1 is 1.16 bits per heavy atom. The summed E-state index contributed by atoms with van der Waals surface area (Å²) in [5.41, 5.74) is -0.210. The Morgan fingerprint density at radius 3 is 2.68 bits per heavy atom. The molecular formula is C17H15F2NO3S2. The number of thiophene rings is 1. The van der Waals surface area contributed by atoms with Crippen molar-refractivity contribution in [3.8, 4) is 0 Å². The molecule has 1 N–H and O–H groups in total. The molecule has 0 unspecified atom stereocenters. The molecule has 1 atom stereocenters. The molecule has 132 valence electrons. The summed E-state index contributed by atoms with van der Waals surface area (Å²) in [5, 5.41) is 1.89. The minimum absolute atomic E-state index is 0.0628. The number of hydrogen-bond donors (Lipinski definition) is 1. The molecule has 4 nitrogen and oxygen atoms in total. The molecule has 0 fully saturated rings. The van der Waals surface area contributed by atoms with E-state index in [-0.39, 0.29) is 18.0 Å². The first-order valence-electron chi connectivity index (χ1n) is 7.43. The van der Waals surface area contributed by atoms with Gasteiger partial charge in [0.05, 0.1) is 17.9 Å². The average molecular weight is 383 g/mol. The van der Waals surface area contributed by atoms with E-state index in [4.69, 9.17) is 4.42 Å². The summed E-state index contributed by atoms with van der Waals surface area (Å²) in [7, 11) is -3.84. The van der Waals surface area contributed by atoms with Gasteiger partial charge in [-0.15, -0.1) is 11.3 Å². The minimum Gasteiger partial charge on any atom is -0.469 e. The third kappa shape index (κ3) is 4.53. The van der Waals surface area contributed by atoms with Crippen molar-refractivity contribution in [1.29, 1.82) is 0 Å². The summed E-state index contributed by atoms with van der Waals surface area (Å²) >= 11 is 1.48. The molecule has 0 aliphatic carbocycles. The maximum atomic E-state index is 13.7. The van der Waals surface area contributed by atoms with E-state index < -0.39 is 27.4 Å². The smallest absolute Gasteiger partial charge is 0.215 e. The predicted molar refractivity (Wildman–Crippen MR) is 91.9 cm³/mol. The highest BCUT2D eigenvalue weighted by Gasteiger charge is 2.22. The summed E-state index contributed by atoms with van der Waals surface area (Å²) in [4.78, 5) is 0.939. The van der Waals surface area contributed by atoms with Crippen LogP contribution in [0.5, 0.6) is 0 Å². The van der Waals surface area contributed by atoms with Crippen molar-refractivity contribution in [3.05, 3.63) is 81.9 Å². The summed E-state index contributed by atoms with van der Waals surface area (Å²) in [6.45, 7) is 0.0628. The quantitative estimate of drug-likeness (QED) is 0.674. The molecule has 0 aliphatic rings. The van der Waals surface area contributed by atoms with E-state index in [9.17, 15) is 17.2 Å². The summed E-state index contributed by atoms with van der Waals surface area (Å²) in [6.07, 6.45) is 1.52. The SMILES string of the molecule is O=S(=O)(Cc1cc(F)ccc1F)NC[C@@H](c1ccco1)c1cccs1. The normalized spacial score (nSPS) is 13.0. The first kappa shape index (κ1) is 17.8. The van der Waals surface area contributed by atoms with Crippen LogP contribution < -0.4 is 4.72 Å². The van der Waals surface area contributed by atoms with Crippen LogP contribution in [0.25, 0.3) is 0 Å². The molecule has 0 amide bonds. The Morgan fingerprint density at radius 2 is 2.00 bits per heavy atom. The van der Waals surface area contributed by atoms with Crippen LogP contribution in [0.15, 0.2) is 58.5 Å². The molecule has 25 heavy (non-hydrogen) atoms. The van der Waals surface area contributed by atoms with Crippen molar-refractivity contribution in [3.63, 3.8) is 0 Å². The van der Waals surface area contributed by atoms with Gasteiger partial charge in [0.25, 0.3) is 0 Å². The number of hydrogen-bond acceptors (Lipinski definition) is 4.